The molecule has 0 radical (unpaired) electrons. The van der Waals surface area contributed by atoms with E-state index >= 15 is 0 Å². The van der Waals surface area contributed by atoms with Crippen LogP contribution in [0, 0.1) is 29.6 Å². The van der Waals surface area contributed by atoms with Crippen molar-refractivity contribution in [1.29, 1.82) is 0 Å². The minimum absolute atomic E-state index is 0.392. The number of aryl methyl sites for hydroxylation is 1. The fourth-order valence-corrected chi connectivity index (χ4v) is 5.66. The molecule has 0 heterocycles. The summed E-state index contributed by atoms with van der Waals surface area (Å²) in [5.41, 5.74) is 2.58. The van der Waals surface area contributed by atoms with Gasteiger partial charge in [-0.3, -0.25) is 4.79 Å². The third-order valence-corrected chi connectivity index (χ3v) is 6.41. The zero-order chi connectivity index (χ0) is 14.4. The quantitative estimate of drug-likeness (QED) is 0.798. The monoisotopic (exact) mass is 282 g/mol. The summed E-state index contributed by atoms with van der Waals surface area (Å²) in [5.74, 6) is 4.30. The van der Waals surface area contributed by atoms with Crippen LogP contribution >= 0.6 is 0 Å². The van der Waals surface area contributed by atoms with Gasteiger partial charge < -0.3 is 0 Å². The maximum atomic E-state index is 12.9. The summed E-state index contributed by atoms with van der Waals surface area (Å²) in [4.78, 5) is 12.9. The van der Waals surface area contributed by atoms with E-state index in [2.05, 4.69) is 31.2 Å². The predicted octanol–water partition coefficient (Wildman–Crippen LogP) is 4.43. The maximum Gasteiger partial charge on any atom is 0.140 e. The topological polar surface area (TPSA) is 17.1 Å². The van der Waals surface area contributed by atoms with Crippen LogP contribution in [0.4, 0.5) is 0 Å². The van der Waals surface area contributed by atoms with Crippen molar-refractivity contribution < 1.29 is 4.79 Å². The Kier molecular flexibility index (Phi) is 3.40. The smallest absolute Gasteiger partial charge is 0.140 e. The van der Waals surface area contributed by atoms with E-state index in [0.29, 0.717) is 18.1 Å². The number of carbonyl (C=O) groups is 1. The molecular formula is C20H26O. The van der Waals surface area contributed by atoms with E-state index in [1.165, 1.54) is 43.2 Å². The first-order chi connectivity index (χ1) is 10.2. The molecule has 112 valence electrons. The second-order valence-corrected chi connectivity index (χ2v) is 7.77. The van der Waals surface area contributed by atoms with E-state index < -0.39 is 0 Å². The molecule has 0 unspecified atom stereocenters. The second-order valence-electron chi connectivity index (χ2n) is 7.77. The van der Waals surface area contributed by atoms with Crippen LogP contribution in [-0.4, -0.2) is 5.78 Å². The number of carbonyl (C=O) groups excluding carboxylic acids is 1. The van der Waals surface area contributed by atoms with Crippen molar-refractivity contribution in [1.82, 2.24) is 0 Å². The van der Waals surface area contributed by atoms with E-state index in [-0.39, 0.29) is 0 Å². The molecule has 1 heteroatoms. The summed E-state index contributed by atoms with van der Waals surface area (Å²) in [7, 11) is 0. The molecule has 4 saturated carbocycles. The molecule has 21 heavy (non-hydrogen) atoms. The molecule has 0 amide bonds. The molecule has 5 rings (SSSR count). The van der Waals surface area contributed by atoms with Gasteiger partial charge in [-0.2, -0.15) is 0 Å². The molecular weight excluding hydrogens is 256 g/mol. The molecule has 0 aliphatic heterocycles. The van der Waals surface area contributed by atoms with Crippen LogP contribution in [0.2, 0.25) is 0 Å². The van der Waals surface area contributed by atoms with Crippen LogP contribution in [0.25, 0.3) is 0 Å². The minimum Gasteiger partial charge on any atom is -0.299 e. The molecule has 0 atom stereocenters. The second kappa shape index (κ2) is 5.26. The van der Waals surface area contributed by atoms with Crippen molar-refractivity contribution in [2.45, 2.75) is 51.9 Å². The molecule has 1 aromatic carbocycles. The third kappa shape index (κ3) is 2.45. The lowest BCUT2D eigenvalue weighted by Crippen LogP contribution is -2.48. The van der Waals surface area contributed by atoms with Gasteiger partial charge in [0.05, 0.1) is 0 Å². The average molecular weight is 282 g/mol. The zero-order valence-electron chi connectivity index (χ0n) is 13.1. The van der Waals surface area contributed by atoms with Crippen molar-refractivity contribution in [3.63, 3.8) is 0 Å². The van der Waals surface area contributed by atoms with Crippen LogP contribution in [-0.2, 0) is 17.6 Å². The molecule has 0 spiro atoms. The van der Waals surface area contributed by atoms with Crippen molar-refractivity contribution in [2.75, 3.05) is 0 Å². The summed E-state index contributed by atoms with van der Waals surface area (Å²) >= 11 is 0. The molecule has 1 aromatic rings. The summed E-state index contributed by atoms with van der Waals surface area (Å²) in [5, 5.41) is 0. The van der Waals surface area contributed by atoms with Crippen LogP contribution in [0.15, 0.2) is 24.3 Å². The molecule has 0 saturated heterocycles. The lowest BCUT2D eigenvalue weighted by molar-refractivity contribution is -0.135. The third-order valence-electron chi connectivity index (χ3n) is 6.41. The molecule has 4 aliphatic carbocycles. The Bertz CT molecular complexity index is 499. The van der Waals surface area contributed by atoms with E-state index in [1.54, 1.807) is 0 Å². The highest BCUT2D eigenvalue weighted by molar-refractivity contribution is 5.84. The van der Waals surface area contributed by atoms with Crippen LogP contribution in [0.1, 0.15) is 50.2 Å². The largest absolute Gasteiger partial charge is 0.299 e. The predicted molar refractivity (Wildman–Crippen MR) is 85.1 cm³/mol. The summed E-state index contributed by atoms with van der Waals surface area (Å²) < 4.78 is 0. The van der Waals surface area contributed by atoms with Gasteiger partial charge in [-0.1, -0.05) is 31.2 Å². The number of ketones is 1. The number of benzene rings is 1. The van der Waals surface area contributed by atoms with Crippen molar-refractivity contribution >= 4 is 5.78 Å². The van der Waals surface area contributed by atoms with Gasteiger partial charge in [-0.25, -0.2) is 0 Å². The first-order valence-electron chi connectivity index (χ1n) is 8.83. The van der Waals surface area contributed by atoms with Crippen LogP contribution in [0.3, 0.4) is 0 Å². The van der Waals surface area contributed by atoms with Crippen LogP contribution in [0.5, 0.6) is 0 Å². The Morgan fingerprint density at radius 1 is 0.905 bits per heavy atom. The van der Waals surface area contributed by atoms with Crippen molar-refractivity contribution in [3.8, 4) is 0 Å². The Hall–Kier alpha value is -1.11. The Morgan fingerprint density at radius 3 is 1.95 bits per heavy atom. The Labute approximate surface area is 128 Å². The first kappa shape index (κ1) is 13.5. The highest BCUT2D eigenvalue weighted by Gasteiger charge is 2.50. The van der Waals surface area contributed by atoms with E-state index in [9.17, 15) is 4.79 Å². The van der Waals surface area contributed by atoms with Gasteiger partial charge >= 0.3 is 0 Å². The highest BCUT2D eigenvalue weighted by atomic mass is 16.1. The van der Waals surface area contributed by atoms with Gasteiger partial charge in [0.25, 0.3) is 0 Å². The molecule has 0 N–H and O–H groups in total. The zero-order valence-corrected chi connectivity index (χ0v) is 13.1. The lowest BCUT2D eigenvalue weighted by atomic mass is 9.51. The number of hydrogen-bond acceptors (Lipinski definition) is 1. The van der Waals surface area contributed by atoms with Gasteiger partial charge in [0, 0.05) is 12.3 Å². The van der Waals surface area contributed by atoms with Crippen molar-refractivity contribution in [3.05, 3.63) is 35.4 Å². The minimum atomic E-state index is 0.392. The average Bonchev–Trinajstić information content (AvgIpc) is 2.47. The molecule has 4 bridgehead atoms. The Morgan fingerprint density at radius 2 is 1.43 bits per heavy atom. The number of rotatable bonds is 4. The van der Waals surface area contributed by atoms with E-state index in [4.69, 9.17) is 0 Å². The lowest BCUT2D eigenvalue weighted by Gasteiger charge is -2.53. The van der Waals surface area contributed by atoms with E-state index in [1.807, 2.05) is 0 Å². The SMILES string of the molecule is CCc1ccc(CC(=O)C2C3CC4CC(C3)CC2C4)cc1. The Balaban J connectivity index is 1.47. The standard InChI is InChI=1S/C20H26O/c1-2-13-3-5-14(6-4-13)12-19(21)20-17-8-15-7-16(10-17)11-18(20)9-15/h3-6,15-18,20H,2,7-12H2,1H3. The summed E-state index contributed by atoms with van der Waals surface area (Å²) in [6, 6.07) is 8.68. The fourth-order valence-electron chi connectivity index (χ4n) is 5.66. The number of hydrogen-bond donors (Lipinski definition) is 0. The first-order valence-corrected chi connectivity index (χ1v) is 8.83. The van der Waals surface area contributed by atoms with Gasteiger partial charge in [-0.15, -0.1) is 0 Å². The maximum absolute atomic E-state index is 12.9. The van der Waals surface area contributed by atoms with Gasteiger partial charge in [0.15, 0.2) is 0 Å². The molecule has 1 nitrogen and oxygen atoms in total. The van der Waals surface area contributed by atoms with Crippen LogP contribution < -0.4 is 0 Å². The molecule has 4 fully saturated rings. The van der Waals surface area contributed by atoms with Gasteiger partial charge in [-0.05, 0) is 73.3 Å². The normalized spacial score (nSPS) is 36.9. The van der Waals surface area contributed by atoms with E-state index in [0.717, 1.165) is 30.1 Å². The highest BCUT2D eigenvalue weighted by Crippen LogP contribution is 2.56. The summed E-state index contributed by atoms with van der Waals surface area (Å²) in [6.07, 6.45) is 8.58. The molecule has 4 aliphatic rings. The fraction of sp³-hybridized carbons (Fsp3) is 0.650. The van der Waals surface area contributed by atoms with Gasteiger partial charge in [0.1, 0.15) is 5.78 Å². The number of Topliss-reactive ketones (excluding diaryl/α,β-unsaturated/α-hetero) is 1. The molecule has 0 aromatic heterocycles. The van der Waals surface area contributed by atoms with Crippen molar-refractivity contribution in [2.24, 2.45) is 29.6 Å². The summed E-state index contributed by atoms with van der Waals surface area (Å²) in [6.45, 7) is 2.18. The van der Waals surface area contributed by atoms with Gasteiger partial charge in [0.2, 0.25) is 0 Å².